The third-order valence-corrected chi connectivity index (χ3v) is 2.29. The first kappa shape index (κ1) is 10.1. The van der Waals surface area contributed by atoms with E-state index in [0.29, 0.717) is 20.0 Å². The second-order valence-corrected chi connectivity index (χ2v) is 3.31. The van der Waals surface area contributed by atoms with Crippen molar-refractivity contribution in [3.8, 4) is 0 Å². The fourth-order valence-electron chi connectivity index (χ4n) is 1.58. The van der Waals surface area contributed by atoms with Gasteiger partial charge in [-0.3, -0.25) is 4.98 Å². The number of hydrazone groups is 1. The van der Waals surface area contributed by atoms with Gasteiger partial charge in [0.1, 0.15) is 6.79 Å². The van der Waals surface area contributed by atoms with Gasteiger partial charge in [0, 0.05) is 18.0 Å². The van der Waals surface area contributed by atoms with Gasteiger partial charge in [0.05, 0.1) is 24.8 Å². The average Bonchev–Trinajstić information content (AvgIpc) is 2.33. The van der Waals surface area contributed by atoms with Crippen LogP contribution >= 0.6 is 0 Å². The van der Waals surface area contributed by atoms with Gasteiger partial charge in [0.25, 0.3) is 0 Å². The second-order valence-electron chi connectivity index (χ2n) is 3.31. The average molecular weight is 207 g/mol. The summed E-state index contributed by atoms with van der Waals surface area (Å²) in [6.45, 7) is 1.53. The van der Waals surface area contributed by atoms with E-state index in [1.165, 1.54) is 0 Å². The molecule has 0 aliphatic carbocycles. The predicted octanol–water partition coefficient (Wildman–Crippen LogP) is 0.365. The lowest BCUT2D eigenvalue weighted by Gasteiger charge is -2.23. The molecule has 1 saturated heterocycles. The fraction of sp³-hybridized carbons (Fsp3) is 0.400. The summed E-state index contributed by atoms with van der Waals surface area (Å²) < 4.78 is 10.4. The molecule has 0 saturated carbocycles. The third kappa shape index (κ3) is 2.31. The van der Waals surface area contributed by atoms with E-state index in [4.69, 9.17) is 15.3 Å². The number of aromatic nitrogens is 1. The van der Waals surface area contributed by atoms with Gasteiger partial charge >= 0.3 is 0 Å². The van der Waals surface area contributed by atoms with Crippen LogP contribution in [0.1, 0.15) is 5.56 Å². The number of nitrogens with zero attached hydrogens (tertiary/aromatic N) is 2. The lowest BCUT2D eigenvalue weighted by Crippen LogP contribution is -2.32. The number of nitrogens with two attached hydrogens (primary N) is 1. The topological polar surface area (TPSA) is 69.7 Å². The first-order valence-electron chi connectivity index (χ1n) is 4.75. The largest absolute Gasteiger partial charge is 0.355 e. The van der Waals surface area contributed by atoms with Crippen molar-refractivity contribution in [2.45, 2.75) is 0 Å². The lowest BCUT2D eigenvalue weighted by atomic mass is 9.99. The summed E-state index contributed by atoms with van der Waals surface area (Å²) in [6, 6.07) is 3.78. The van der Waals surface area contributed by atoms with Crippen molar-refractivity contribution >= 4 is 5.71 Å². The summed E-state index contributed by atoms with van der Waals surface area (Å²) >= 11 is 0. The van der Waals surface area contributed by atoms with Crippen LogP contribution in [0.5, 0.6) is 0 Å². The van der Waals surface area contributed by atoms with Crippen LogP contribution in [0.3, 0.4) is 0 Å². The van der Waals surface area contributed by atoms with E-state index >= 15 is 0 Å². The molecule has 0 aromatic carbocycles. The van der Waals surface area contributed by atoms with E-state index in [-0.39, 0.29) is 5.92 Å². The van der Waals surface area contributed by atoms with Gasteiger partial charge in [0.2, 0.25) is 0 Å². The van der Waals surface area contributed by atoms with Gasteiger partial charge in [-0.1, -0.05) is 0 Å². The Morgan fingerprint density at radius 2 is 2.27 bits per heavy atom. The molecule has 5 heteroatoms. The van der Waals surface area contributed by atoms with Crippen molar-refractivity contribution in [2.75, 3.05) is 20.0 Å². The standard InChI is InChI=1S/C10H13N3O2/c11-13-10(8-2-1-3-12-4-8)9-5-14-7-15-6-9/h1-4,9H,5-7,11H2. The smallest absolute Gasteiger partial charge is 0.146 e. The Morgan fingerprint density at radius 3 is 2.87 bits per heavy atom. The Balaban J connectivity index is 2.17. The van der Waals surface area contributed by atoms with Crippen molar-refractivity contribution in [3.05, 3.63) is 30.1 Å². The van der Waals surface area contributed by atoms with Gasteiger partial charge in [-0.15, -0.1) is 0 Å². The summed E-state index contributed by atoms with van der Waals surface area (Å²) in [4.78, 5) is 4.03. The van der Waals surface area contributed by atoms with Crippen LogP contribution in [-0.4, -0.2) is 30.7 Å². The Hall–Kier alpha value is -1.46. The molecule has 2 heterocycles. The van der Waals surface area contributed by atoms with Gasteiger partial charge < -0.3 is 15.3 Å². The summed E-state index contributed by atoms with van der Waals surface area (Å²) in [5, 5.41) is 3.80. The van der Waals surface area contributed by atoms with Gasteiger partial charge in [-0.25, -0.2) is 0 Å². The first-order valence-corrected chi connectivity index (χ1v) is 4.75. The van der Waals surface area contributed by atoms with Crippen molar-refractivity contribution < 1.29 is 9.47 Å². The quantitative estimate of drug-likeness (QED) is 0.432. The molecule has 0 radical (unpaired) electrons. The van der Waals surface area contributed by atoms with E-state index < -0.39 is 0 Å². The van der Waals surface area contributed by atoms with E-state index in [0.717, 1.165) is 11.3 Å². The molecule has 1 aliphatic heterocycles. The summed E-state index contributed by atoms with van der Waals surface area (Å²) in [5.74, 6) is 5.48. The number of hydrogen-bond donors (Lipinski definition) is 1. The number of pyridine rings is 1. The Labute approximate surface area is 87.9 Å². The second kappa shape index (κ2) is 4.86. The first-order chi connectivity index (χ1) is 7.42. The molecule has 0 amide bonds. The fourth-order valence-corrected chi connectivity index (χ4v) is 1.58. The van der Waals surface area contributed by atoms with Crippen LogP contribution in [0.15, 0.2) is 29.6 Å². The lowest BCUT2D eigenvalue weighted by molar-refractivity contribution is -0.111. The highest BCUT2D eigenvalue weighted by atomic mass is 16.7. The predicted molar refractivity (Wildman–Crippen MR) is 55.2 cm³/mol. The maximum absolute atomic E-state index is 5.38. The van der Waals surface area contributed by atoms with Gasteiger partial charge in [-0.05, 0) is 12.1 Å². The molecule has 1 aromatic rings. The van der Waals surface area contributed by atoms with Crippen LogP contribution in [0.2, 0.25) is 0 Å². The Kier molecular flexibility index (Phi) is 3.26. The molecule has 5 nitrogen and oxygen atoms in total. The molecule has 80 valence electrons. The molecule has 1 fully saturated rings. The number of hydrogen-bond acceptors (Lipinski definition) is 5. The number of ether oxygens (including phenoxy) is 2. The summed E-state index contributed by atoms with van der Waals surface area (Å²) in [7, 11) is 0. The molecular formula is C10H13N3O2. The Morgan fingerprint density at radius 1 is 1.47 bits per heavy atom. The van der Waals surface area contributed by atoms with E-state index in [9.17, 15) is 0 Å². The summed E-state index contributed by atoms with van der Waals surface area (Å²) in [5.41, 5.74) is 1.70. The molecule has 2 N–H and O–H groups in total. The van der Waals surface area contributed by atoms with Gasteiger partial charge in [0.15, 0.2) is 0 Å². The van der Waals surface area contributed by atoms with Gasteiger partial charge in [-0.2, -0.15) is 5.10 Å². The van der Waals surface area contributed by atoms with Crippen LogP contribution in [-0.2, 0) is 9.47 Å². The van der Waals surface area contributed by atoms with Crippen LogP contribution in [0, 0.1) is 5.92 Å². The molecular weight excluding hydrogens is 194 g/mol. The summed E-state index contributed by atoms with van der Waals surface area (Å²) in [6.07, 6.45) is 3.45. The SMILES string of the molecule is NN=C(c1cccnc1)C1COCOC1. The monoisotopic (exact) mass is 207 g/mol. The zero-order valence-corrected chi connectivity index (χ0v) is 8.30. The van der Waals surface area contributed by atoms with Crippen LogP contribution < -0.4 is 5.84 Å². The zero-order valence-electron chi connectivity index (χ0n) is 8.30. The maximum Gasteiger partial charge on any atom is 0.146 e. The molecule has 1 aromatic heterocycles. The third-order valence-electron chi connectivity index (χ3n) is 2.29. The normalized spacial score (nSPS) is 19.1. The van der Waals surface area contributed by atoms with Crippen LogP contribution in [0.4, 0.5) is 0 Å². The minimum atomic E-state index is 0.0907. The highest BCUT2D eigenvalue weighted by molar-refractivity contribution is 6.02. The maximum atomic E-state index is 5.38. The minimum absolute atomic E-state index is 0.0907. The minimum Gasteiger partial charge on any atom is -0.355 e. The number of rotatable bonds is 2. The van der Waals surface area contributed by atoms with E-state index in [2.05, 4.69) is 10.1 Å². The van der Waals surface area contributed by atoms with Crippen molar-refractivity contribution in [1.82, 2.24) is 4.98 Å². The molecule has 0 spiro atoms. The molecule has 2 rings (SSSR count). The van der Waals surface area contributed by atoms with Crippen molar-refractivity contribution in [2.24, 2.45) is 16.9 Å². The van der Waals surface area contributed by atoms with E-state index in [1.54, 1.807) is 12.4 Å². The highest BCUT2D eigenvalue weighted by Crippen LogP contribution is 2.13. The Bertz CT molecular complexity index is 334. The van der Waals surface area contributed by atoms with Crippen molar-refractivity contribution in [1.29, 1.82) is 0 Å². The molecule has 0 unspecified atom stereocenters. The molecule has 0 bridgehead atoms. The zero-order chi connectivity index (χ0) is 10.5. The molecule has 0 atom stereocenters. The van der Waals surface area contributed by atoms with Crippen LogP contribution in [0.25, 0.3) is 0 Å². The molecule has 15 heavy (non-hydrogen) atoms. The van der Waals surface area contributed by atoms with Crippen molar-refractivity contribution in [3.63, 3.8) is 0 Å². The van der Waals surface area contributed by atoms with E-state index in [1.807, 2.05) is 12.1 Å². The molecule has 1 aliphatic rings. The highest BCUT2D eigenvalue weighted by Gasteiger charge is 2.21.